The van der Waals surface area contributed by atoms with Gasteiger partial charge in [0.05, 0.1) is 25.1 Å². The summed E-state index contributed by atoms with van der Waals surface area (Å²) in [5, 5.41) is 9.69. The fourth-order valence-electron chi connectivity index (χ4n) is 2.58. The molecule has 0 atom stereocenters. The van der Waals surface area contributed by atoms with Gasteiger partial charge in [-0.1, -0.05) is 18.2 Å². The zero-order valence-corrected chi connectivity index (χ0v) is 12.2. The summed E-state index contributed by atoms with van der Waals surface area (Å²) < 4.78 is 7.33. The molecular weight excluding hydrogens is 264 g/mol. The first-order valence-corrected chi connectivity index (χ1v) is 6.92. The van der Waals surface area contributed by atoms with E-state index in [2.05, 4.69) is 4.98 Å². The average molecular weight is 282 g/mol. The van der Waals surface area contributed by atoms with Gasteiger partial charge in [0.2, 0.25) is 0 Å². The summed E-state index contributed by atoms with van der Waals surface area (Å²) >= 11 is 0. The highest BCUT2D eigenvalue weighted by Gasteiger charge is 2.13. The molecule has 0 unspecified atom stereocenters. The number of fused-ring (bicyclic) bond motifs is 1. The molecule has 0 aliphatic rings. The number of aliphatic hydroxyl groups excluding tert-OH is 1. The summed E-state index contributed by atoms with van der Waals surface area (Å²) in [6.07, 6.45) is 2.59. The molecule has 0 saturated heterocycles. The minimum Gasteiger partial charge on any atom is -0.496 e. The fourth-order valence-corrected chi connectivity index (χ4v) is 2.58. The Morgan fingerprint density at radius 2 is 2.05 bits per heavy atom. The first-order chi connectivity index (χ1) is 10.2. The van der Waals surface area contributed by atoms with E-state index in [9.17, 15) is 5.11 Å². The minimum absolute atomic E-state index is 0.0330. The van der Waals surface area contributed by atoms with Gasteiger partial charge in [0.1, 0.15) is 11.4 Å². The highest BCUT2D eigenvalue weighted by Crippen LogP contribution is 2.23. The molecule has 0 bridgehead atoms. The summed E-state index contributed by atoms with van der Waals surface area (Å²) in [4.78, 5) is 4.66. The van der Waals surface area contributed by atoms with E-state index in [1.165, 1.54) is 0 Å². The average Bonchev–Trinajstić information content (AvgIpc) is 2.83. The molecule has 3 rings (SSSR count). The Balaban J connectivity index is 2.07. The van der Waals surface area contributed by atoms with Crippen LogP contribution in [0.5, 0.6) is 5.75 Å². The predicted octanol–water partition coefficient (Wildman–Crippen LogP) is 2.73. The molecule has 108 valence electrons. The van der Waals surface area contributed by atoms with Gasteiger partial charge in [-0.3, -0.25) is 0 Å². The van der Waals surface area contributed by atoms with Crippen LogP contribution in [0.2, 0.25) is 0 Å². The Morgan fingerprint density at radius 1 is 1.24 bits per heavy atom. The lowest BCUT2D eigenvalue weighted by molar-refractivity contribution is 0.274. The Morgan fingerprint density at radius 3 is 2.81 bits per heavy atom. The van der Waals surface area contributed by atoms with Crippen LogP contribution in [-0.4, -0.2) is 21.6 Å². The highest BCUT2D eigenvalue weighted by atomic mass is 16.5. The van der Waals surface area contributed by atoms with Crippen molar-refractivity contribution in [2.75, 3.05) is 7.11 Å². The molecule has 0 amide bonds. The molecular formula is C17H18N2O2. The van der Waals surface area contributed by atoms with E-state index in [1.54, 1.807) is 7.11 Å². The van der Waals surface area contributed by atoms with Crippen LogP contribution < -0.4 is 4.74 Å². The summed E-state index contributed by atoms with van der Waals surface area (Å²) in [6.45, 7) is 2.00. The van der Waals surface area contributed by atoms with Gasteiger partial charge in [-0.25, -0.2) is 4.98 Å². The largest absolute Gasteiger partial charge is 0.496 e. The van der Waals surface area contributed by atoms with Gasteiger partial charge in [-0.15, -0.1) is 0 Å². The number of aromatic nitrogens is 2. The predicted molar refractivity (Wildman–Crippen MR) is 81.7 cm³/mol. The molecule has 21 heavy (non-hydrogen) atoms. The smallest absolute Gasteiger partial charge is 0.137 e. The van der Waals surface area contributed by atoms with Crippen LogP contribution in [0.25, 0.3) is 5.65 Å². The zero-order chi connectivity index (χ0) is 14.8. The molecule has 2 aromatic heterocycles. The summed E-state index contributed by atoms with van der Waals surface area (Å²) in [6, 6.07) is 11.9. The maximum Gasteiger partial charge on any atom is 0.137 e. The molecule has 0 aliphatic carbocycles. The van der Waals surface area contributed by atoms with Gasteiger partial charge in [0.15, 0.2) is 0 Å². The van der Waals surface area contributed by atoms with E-state index in [4.69, 9.17) is 4.74 Å². The van der Waals surface area contributed by atoms with E-state index in [0.717, 1.165) is 33.9 Å². The van der Waals surface area contributed by atoms with Crippen LogP contribution in [0.1, 0.15) is 22.5 Å². The number of hydrogen-bond donors (Lipinski definition) is 1. The molecule has 1 N–H and O–H groups in total. The summed E-state index contributed by atoms with van der Waals surface area (Å²) in [7, 11) is 1.67. The topological polar surface area (TPSA) is 46.8 Å². The number of ether oxygens (including phenoxy) is 1. The number of imidazole rings is 1. The van der Waals surface area contributed by atoms with Crippen molar-refractivity contribution in [3.05, 3.63) is 65.1 Å². The van der Waals surface area contributed by atoms with Crippen LogP contribution in [0.3, 0.4) is 0 Å². The Hall–Kier alpha value is -2.33. The number of nitrogens with zero attached hydrogens (tertiary/aromatic N) is 2. The Kier molecular flexibility index (Phi) is 3.62. The lowest BCUT2D eigenvalue weighted by atomic mass is 10.1. The maximum absolute atomic E-state index is 9.69. The Labute approximate surface area is 123 Å². The van der Waals surface area contributed by atoms with Gasteiger partial charge in [-0.05, 0) is 30.7 Å². The van der Waals surface area contributed by atoms with Gasteiger partial charge in [0, 0.05) is 18.2 Å². The normalized spacial score (nSPS) is 11.0. The highest BCUT2D eigenvalue weighted by molar-refractivity contribution is 5.47. The van der Waals surface area contributed by atoms with Crippen LogP contribution in [0.15, 0.2) is 42.6 Å². The lowest BCUT2D eigenvalue weighted by Crippen LogP contribution is -1.99. The second kappa shape index (κ2) is 5.58. The van der Waals surface area contributed by atoms with Crippen LogP contribution >= 0.6 is 0 Å². The number of aryl methyl sites for hydroxylation is 1. The standard InChI is InChI=1S/C17H18N2O2/c1-12-7-8-19-15(11-20)14(18-17(19)9-12)10-13-5-3-4-6-16(13)21-2/h3-9,20H,10-11H2,1-2H3. The third kappa shape index (κ3) is 2.50. The first-order valence-electron chi connectivity index (χ1n) is 6.92. The molecule has 0 radical (unpaired) electrons. The third-order valence-electron chi connectivity index (χ3n) is 3.66. The van der Waals surface area contributed by atoms with Crippen molar-refractivity contribution in [3.63, 3.8) is 0 Å². The molecule has 0 spiro atoms. The number of aliphatic hydroxyl groups is 1. The van der Waals surface area contributed by atoms with Crippen molar-refractivity contribution in [1.82, 2.24) is 9.38 Å². The number of benzene rings is 1. The molecule has 0 fully saturated rings. The summed E-state index contributed by atoms with van der Waals surface area (Å²) in [5.41, 5.74) is 4.79. The lowest BCUT2D eigenvalue weighted by Gasteiger charge is -2.07. The number of hydrogen-bond acceptors (Lipinski definition) is 3. The molecule has 2 heterocycles. The van der Waals surface area contributed by atoms with E-state index < -0.39 is 0 Å². The third-order valence-corrected chi connectivity index (χ3v) is 3.66. The molecule has 0 aliphatic heterocycles. The van der Waals surface area contributed by atoms with Gasteiger partial charge in [-0.2, -0.15) is 0 Å². The minimum atomic E-state index is -0.0330. The van der Waals surface area contributed by atoms with Crippen molar-refractivity contribution in [2.45, 2.75) is 20.0 Å². The van der Waals surface area contributed by atoms with Crippen molar-refractivity contribution in [2.24, 2.45) is 0 Å². The van der Waals surface area contributed by atoms with Crippen LogP contribution in [0, 0.1) is 6.92 Å². The van der Waals surface area contributed by atoms with E-state index in [0.29, 0.717) is 6.42 Å². The van der Waals surface area contributed by atoms with Crippen molar-refractivity contribution in [1.29, 1.82) is 0 Å². The Bertz CT molecular complexity index is 778. The maximum atomic E-state index is 9.69. The second-order valence-electron chi connectivity index (χ2n) is 5.08. The molecule has 1 aromatic carbocycles. The second-order valence-corrected chi connectivity index (χ2v) is 5.08. The van der Waals surface area contributed by atoms with Gasteiger partial charge < -0.3 is 14.2 Å². The first kappa shape index (κ1) is 13.6. The van der Waals surface area contributed by atoms with E-state index in [1.807, 2.05) is 53.9 Å². The van der Waals surface area contributed by atoms with E-state index in [-0.39, 0.29) is 6.61 Å². The fraction of sp³-hybridized carbons (Fsp3) is 0.235. The van der Waals surface area contributed by atoms with E-state index >= 15 is 0 Å². The van der Waals surface area contributed by atoms with Crippen molar-refractivity contribution >= 4 is 5.65 Å². The number of pyridine rings is 1. The molecule has 4 nitrogen and oxygen atoms in total. The number of methoxy groups -OCH3 is 1. The number of para-hydroxylation sites is 1. The van der Waals surface area contributed by atoms with Crippen molar-refractivity contribution in [3.8, 4) is 5.75 Å². The number of rotatable bonds is 4. The van der Waals surface area contributed by atoms with Crippen LogP contribution in [-0.2, 0) is 13.0 Å². The summed E-state index contributed by atoms with van der Waals surface area (Å²) in [5.74, 6) is 0.842. The SMILES string of the molecule is COc1ccccc1Cc1nc2cc(C)ccn2c1CO. The van der Waals surface area contributed by atoms with Crippen molar-refractivity contribution < 1.29 is 9.84 Å². The monoisotopic (exact) mass is 282 g/mol. The molecule has 0 saturated carbocycles. The molecule has 4 heteroatoms. The zero-order valence-electron chi connectivity index (χ0n) is 12.2. The van der Waals surface area contributed by atoms with Gasteiger partial charge in [0.25, 0.3) is 0 Å². The quantitative estimate of drug-likeness (QED) is 0.800. The van der Waals surface area contributed by atoms with Crippen LogP contribution in [0.4, 0.5) is 0 Å². The molecule has 3 aromatic rings. The van der Waals surface area contributed by atoms with Gasteiger partial charge >= 0.3 is 0 Å².